The van der Waals surface area contributed by atoms with Crippen LogP contribution in [0, 0.1) is 0 Å². The Morgan fingerprint density at radius 3 is 0.714 bits per heavy atom. The van der Waals surface area contributed by atoms with E-state index in [0.29, 0.717) is 0 Å². The van der Waals surface area contributed by atoms with Gasteiger partial charge in [-0.05, 0) is 0 Å². The molecule has 6 atom stereocenters. The molecule has 0 aromatic heterocycles. The predicted octanol–water partition coefficient (Wildman–Crippen LogP) is -1.44. The van der Waals surface area contributed by atoms with E-state index in [9.17, 15) is 30.6 Å². The summed E-state index contributed by atoms with van der Waals surface area (Å²) in [6.07, 6.45) is -6.76. The zero-order chi connectivity index (χ0) is 17.2. The van der Waals surface area contributed by atoms with Gasteiger partial charge in [-0.25, -0.2) is 0 Å². The molecule has 8 nitrogen and oxygen atoms in total. The van der Waals surface area contributed by atoms with Gasteiger partial charge < -0.3 is 0 Å². The van der Waals surface area contributed by atoms with Crippen LogP contribution in [0.2, 0.25) is 0 Å². The van der Waals surface area contributed by atoms with E-state index in [4.69, 9.17) is 0 Å². The Morgan fingerprint density at radius 1 is 0.476 bits per heavy atom. The summed E-state index contributed by atoms with van der Waals surface area (Å²) in [6, 6.07) is 0. The summed E-state index contributed by atoms with van der Waals surface area (Å²) < 4.78 is -0.971. The number of aliphatic hydroxyl groups excluding tert-OH is 6. The quantitative estimate of drug-likeness (QED) is 0.237. The van der Waals surface area contributed by atoms with Crippen molar-refractivity contribution in [2.75, 3.05) is 0 Å². The molecule has 0 rings (SSSR count). The fourth-order valence-electron chi connectivity index (χ4n) is 2.67. The number of quaternary nitrogens is 2. The Morgan fingerprint density at radius 2 is 0.619 bits per heavy atom. The van der Waals surface area contributed by atoms with Gasteiger partial charge in [-0.2, -0.15) is 0 Å². The second-order valence-corrected chi connectivity index (χ2v) is 8.29. The summed E-state index contributed by atoms with van der Waals surface area (Å²) in [5.41, 5.74) is 0. The molecule has 21 heavy (non-hydrogen) atoms. The van der Waals surface area contributed by atoms with Crippen LogP contribution in [-0.2, 0) is 19.7 Å². The van der Waals surface area contributed by atoms with E-state index in [0.717, 1.165) is 0 Å². The predicted molar refractivity (Wildman–Crippen MR) is 70.6 cm³/mol. The van der Waals surface area contributed by atoms with E-state index in [2.05, 4.69) is 0 Å². The fraction of sp³-hybridized carbons (Fsp3) is 1.00. The molecule has 0 fully saturated rings. The van der Waals surface area contributed by atoms with E-state index in [1.807, 2.05) is 0 Å². The van der Waals surface area contributed by atoms with E-state index in [1.54, 1.807) is 0 Å². The molecule has 0 amide bonds. The second-order valence-electron chi connectivity index (χ2n) is 5.56. The number of nitrogens with zero attached hydrogens (tertiary/aromatic N) is 2. The Balaban J connectivity index is 6.06. The molecule has 0 saturated heterocycles. The van der Waals surface area contributed by atoms with Crippen LogP contribution >= 0.6 is 0 Å². The van der Waals surface area contributed by atoms with E-state index in [-0.39, 0.29) is 0 Å². The number of aliphatic hydroxyl groups is 6. The molecule has 0 aliphatic heterocycles. The molecule has 6 unspecified atom stereocenters. The van der Waals surface area contributed by atoms with Gasteiger partial charge in [0.15, 0.2) is 0 Å². The van der Waals surface area contributed by atoms with Crippen molar-refractivity contribution >= 4 is 0 Å². The average Bonchev–Trinajstić information content (AvgIpc) is 2.26. The van der Waals surface area contributed by atoms with Crippen LogP contribution in [0.1, 0.15) is 41.5 Å². The average molecular weight is 346 g/mol. The minimum atomic E-state index is -1.72. The van der Waals surface area contributed by atoms with Gasteiger partial charge in [0.05, 0.1) is 0 Å². The fourth-order valence-corrected chi connectivity index (χ4v) is 5.18. The van der Waals surface area contributed by atoms with Crippen LogP contribution in [0.25, 0.3) is 0 Å². The molecule has 126 valence electrons. The maximum absolute atomic E-state index is 10.1. The third-order valence-corrected chi connectivity index (χ3v) is 8.64. The van der Waals surface area contributed by atoms with Crippen molar-refractivity contribution in [2.45, 2.75) is 78.9 Å². The molecule has 0 aliphatic rings. The number of hydrogen-bond acceptors (Lipinski definition) is 6. The Bertz CT molecular complexity index is 249. The third kappa shape index (κ3) is 3.84. The topological polar surface area (TPSA) is 121 Å². The van der Waals surface area contributed by atoms with E-state index in [1.165, 1.54) is 41.5 Å². The van der Waals surface area contributed by atoms with Gasteiger partial charge in [-0.1, -0.05) is 0 Å². The van der Waals surface area contributed by atoms with Crippen molar-refractivity contribution < 1.29 is 56.2 Å². The van der Waals surface area contributed by atoms with Crippen molar-refractivity contribution in [1.29, 1.82) is 0 Å². The standard InChI is InChI=1S/2C6H15NO3.Ti/c2*1-4(8)7(5(2)9)6(3)10;/h2*4-6,8-10H,1-3H3;/q;;+2. The summed E-state index contributed by atoms with van der Waals surface area (Å²) >= 11 is -1.72. The van der Waals surface area contributed by atoms with Gasteiger partial charge in [0.2, 0.25) is 0 Å². The van der Waals surface area contributed by atoms with Crippen molar-refractivity contribution in [3.05, 3.63) is 0 Å². The molecule has 9 heteroatoms. The first-order valence-electron chi connectivity index (χ1n) is 7.01. The molecule has 0 saturated carbocycles. The molecule has 0 aliphatic carbocycles. The number of rotatable bonds is 8. The normalized spacial score (nSPS) is 26.7. The summed E-state index contributed by atoms with van der Waals surface area (Å²) in [6.45, 7) is 8.61. The van der Waals surface area contributed by atoms with Crippen LogP contribution in [0.5, 0.6) is 0 Å². The minimum absolute atomic E-state index is 0.485. The first-order valence-corrected chi connectivity index (χ1v) is 8.41. The first kappa shape index (κ1) is 21.4. The van der Waals surface area contributed by atoms with Crippen LogP contribution in [-0.4, -0.2) is 73.9 Å². The van der Waals surface area contributed by atoms with Gasteiger partial charge in [-0.15, -0.1) is 0 Å². The summed E-state index contributed by atoms with van der Waals surface area (Å²) in [5.74, 6) is 0. The van der Waals surface area contributed by atoms with Gasteiger partial charge in [0.25, 0.3) is 0 Å². The zero-order valence-electron chi connectivity index (χ0n) is 13.5. The molecule has 0 radical (unpaired) electrons. The Labute approximate surface area is 135 Å². The second kappa shape index (κ2) is 7.78. The Hall–Kier alpha value is 0.394. The Kier molecular flexibility index (Phi) is 7.93. The van der Waals surface area contributed by atoms with Crippen molar-refractivity contribution in [1.82, 2.24) is 0 Å². The van der Waals surface area contributed by atoms with Crippen LogP contribution < -0.4 is 0 Å². The summed E-state index contributed by atoms with van der Waals surface area (Å²) in [7, 11) is 0. The third-order valence-electron chi connectivity index (χ3n) is 4.06. The molecular formula is C12H30N2O6Ti+2. The van der Waals surface area contributed by atoms with E-state index < -0.39 is 63.0 Å². The van der Waals surface area contributed by atoms with Crippen LogP contribution in [0.3, 0.4) is 0 Å². The zero-order valence-corrected chi connectivity index (χ0v) is 15.1. The molecule has 0 aromatic rings. The van der Waals surface area contributed by atoms with Crippen molar-refractivity contribution in [2.24, 2.45) is 0 Å². The summed E-state index contributed by atoms with van der Waals surface area (Å²) in [5, 5.41) is 60.8. The van der Waals surface area contributed by atoms with E-state index >= 15 is 0 Å². The molecule has 0 bridgehead atoms. The maximum atomic E-state index is 10.1. The first-order chi connectivity index (χ1) is 9.37. The molecule has 0 heterocycles. The van der Waals surface area contributed by atoms with Crippen molar-refractivity contribution in [3.8, 4) is 0 Å². The molecule has 0 aromatic carbocycles. The van der Waals surface area contributed by atoms with Gasteiger partial charge >= 0.3 is 135 Å². The van der Waals surface area contributed by atoms with Gasteiger partial charge in [-0.3, -0.25) is 0 Å². The molecule has 6 N–H and O–H groups in total. The van der Waals surface area contributed by atoms with Crippen molar-refractivity contribution in [3.63, 3.8) is 0 Å². The van der Waals surface area contributed by atoms with Gasteiger partial charge in [0, 0.05) is 0 Å². The monoisotopic (exact) mass is 346 g/mol. The van der Waals surface area contributed by atoms with Crippen LogP contribution in [0.4, 0.5) is 0 Å². The summed E-state index contributed by atoms with van der Waals surface area (Å²) in [4.78, 5) is 0. The molecular weight excluding hydrogens is 316 g/mol. The number of hydrogen-bond donors (Lipinski definition) is 6. The van der Waals surface area contributed by atoms with Crippen LogP contribution in [0.15, 0.2) is 0 Å². The SMILES string of the molecule is CC(O)[N+]([Ti][N+](C(C)O)(C(C)O)C(C)O)(C(C)O)C(C)O. The van der Waals surface area contributed by atoms with Gasteiger partial charge in [0.1, 0.15) is 0 Å². The molecule has 0 spiro atoms.